The molecule has 12 heavy (non-hydrogen) atoms. The molecule has 4 heteroatoms. The van der Waals surface area contributed by atoms with Crippen molar-refractivity contribution in [3.05, 3.63) is 11.9 Å². The third-order valence-corrected chi connectivity index (χ3v) is 2.11. The SMILES string of the molecule is CC(=O)c1cnnn1CC1CC1. The van der Waals surface area contributed by atoms with E-state index in [-0.39, 0.29) is 5.78 Å². The summed E-state index contributed by atoms with van der Waals surface area (Å²) >= 11 is 0. The lowest BCUT2D eigenvalue weighted by Crippen LogP contribution is -2.09. The molecule has 1 saturated carbocycles. The molecule has 0 saturated heterocycles. The zero-order valence-corrected chi connectivity index (χ0v) is 7.03. The van der Waals surface area contributed by atoms with Crippen molar-refractivity contribution < 1.29 is 4.79 Å². The van der Waals surface area contributed by atoms with Crippen molar-refractivity contribution in [1.82, 2.24) is 15.0 Å². The lowest BCUT2D eigenvalue weighted by atomic mass is 10.3. The van der Waals surface area contributed by atoms with Gasteiger partial charge in [0.2, 0.25) is 0 Å². The Morgan fingerprint density at radius 1 is 1.75 bits per heavy atom. The quantitative estimate of drug-likeness (QED) is 0.625. The van der Waals surface area contributed by atoms with Gasteiger partial charge in [-0.3, -0.25) is 4.79 Å². The highest BCUT2D eigenvalue weighted by molar-refractivity contribution is 5.91. The standard InChI is InChI=1S/C8H11N3O/c1-6(12)8-4-9-10-11(8)5-7-2-3-7/h4,7H,2-3,5H2,1H3. The molecule has 0 spiro atoms. The summed E-state index contributed by atoms with van der Waals surface area (Å²) in [7, 11) is 0. The van der Waals surface area contributed by atoms with Crippen LogP contribution in [0.4, 0.5) is 0 Å². The number of ketones is 1. The highest BCUT2D eigenvalue weighted by Gasteiger charge is 2.23. The molecule has 0 N–H and O–H groups in total. The van der Waals surface area contributed by atoms with Crippen LogP contribution in [-0.4, -0.2) is 20.8 Å². The Morgan fingerprint density at radius 2 is 2.50 bits per heavy atom. The summed E-state index contributed by atoms with van der Waals surface area (Å²) in [5.41, 5.74) is 0.627. The number of hydrogen-bond donors (Lipinski definition) is 0. The van der Waals surface area contributed by atoms with Gasteiger partial charge in [-0.2, -0.15) is 0 Å². The molecule has 1 aliphatic rings. The van der Waals surface area contributed by atoms with E-state index in [0.717, 1.165) is 12.5 Å². The molecule has 1 fully saturated rings. The molecule has 4 nitrogen and oxygen atoms in total. The van der Waals surface area contributed by atoms with E-state index >= 15 is 0 Å². The Labute approximate surface area is 70.6 Å². The average molecular weight is 165 g/mol. The van der Waals surface area contributed by atoms with Gasteiger partial charge >= 0.3 is 0 Å². The van der Waals surface area contributed by atoms with Crippen molar-refractivity contribution in [2.75, 3.05) is 0 Å². The largest absolute Gasteiger partial charge is 0.293 e. The molecule has 2 rings (SSSR count). The fourth-order valence-electron chi connectivity index (χ4n) is 1.21. The molecule has 1 aromatic rings. The number of carbonyl (C=O) groups is 1. The van der Waals surface area contributed by atoms with Gasteiger partial charge in [0.15, 0.2) is 5.78 Å². The van der Waals surface area contributed by atoms with Crippen molar-refractivity contribution in [2.24, 2.45) is 5.92 Å². The normalized spacial score (nSPS) is 16.4. The van der Waals surface area contributed by atoms with Crippen molar-refractivity contribution in [2.45, 2.75) is 26.3 Å². The van der Waals surface area contributed by atoms with Crippen molar-refractivity contribution in [1.29, 1.82) is 0 Å². The minimum Gasteiger partial charge on any atom is -0.293 e. The third kappa shape index (κ3) is 1.37. The fourth-order valence-corrected chi connectivity index (χ4v) is 1.21. The average Bonchev–Trinajstić information content (AvgIpc) is 2.66. The maximum atomic E-state index is 11.0. The van der Waals surface area contributed by atoms with Crippen LogP contribution in [0.3, 0.4) is 0 Å². The van der Waals surface area contributed by atoms with Crippen LogP contribution >= 0.6 is 0 Å². The Hall–Kier alpha value is -1.19. The van der Waals surface area contributed by atoms with Gasteiger partial charge in [-0.15, -0.1) is 5.10 Å². The van der Waals surface area contributed by atoms with E-state index in [2.05, 4.69) is 10.3 Å². The number of hydrogen-bond acceptors (Lipinski definition) is 3. The molecule has 0 bridgehead atoms. The van der Waals surface area contributed by atoms with Gasteiger partial charge in [0, 0.05) is 13.5 Å². The lowest BCUT2D eigenvalue weighted by molar-refractivity contribution is 0.100. The monoisotopic (exact) mass is 165 g/mol. The zero-order chi connectivity index (χ0) is 8.55. The molecule has 0 aromatic carbocycles. The van der Waals surface area contributed by atoms with Crippen LogP contribution in [0.1, 0.15) is 30.3 Å². The van der Waals surface area contributed by atoms with Crippen molar-refractivity contribution in [3.63, 3.8) is 0 Å². The van der Waals surface area contributed by atoms with E-state index in [1.54, 1.807) is 11.6 Å². The first kappa shape index (κ1) is 7.46. The van der Waals surface area contributed by atoms with Crippen molar-refractivity contribution in [3.8, 4) is 0 Å². The van der Waals surface area contributed by atoms with Gasteiger partial charge in [-0.05, 0) is 18.8 Å². The van der Waals surface area contributed by atoms with Gasteiger partial charge in [-0.25, -0.2) is 4.68 Å². The number of aromatic nitrogens is 3. The predicted octanol–water partition coefficient (Wildman–Crippen LogP) is 0.891. The number of rotatable bonds is 3. The van der Waals surface area contributed by atoms with Crippen LogP contribution in [0.25, 0.3) is 0 Å². The molecule has 1 heterocycles. The summed E-state index contributed by atoms with van der Waals surface area (Å²) in [6.45, 7) is 2.40. The Morgan fingerprint density at radius 3 is 3.08 bits per heavy atom. The first-order valence-electron chi connectivity index (χ1n) is 4.17. The molecule has 1 aromatic heterocycles. The third-order valence-electron chi connectivity index (χ3n) is 2.11. The Bertz CT molecular complexity index is 301. The number of Topliss-reactive ketones (excluding diaryl/α,β-unsaturated/α-hetero) is 1. The Balaban J connectivity index is 2.17. The lowest BCUT2D eigenvalue weighted by Gasteiger charge is -2.00. The molecule has 0 unspecified atom stereocenters. The second-order valence-corrected chi connectivity index (χ2v) is 3.30. The van der Waals surface area contributed by atoms with E-state index < -0.39 is 0 Å². The van der Waals surface area contributed by atoms with Crippen LogP contribution in [-0.2, 0) is 6.54 Å². The molecular formula is C8H11N3O. The van der Waals surface area contributed by atoms with Crippen LogP contribution in [0.2, 0.25) is 0 Å². The van der Waals surface area contributed by atoms with Crippen LogP contribution in [0, 0.1) is 5.92 Å². The minimum atomic E-state index is 0.0423. The number of carbonyl (C=O) groups excluding carboxylic acids is 1. The summed E-state index contributed by atoms with van der Waals surface area (Å²) in [5, 5.41) is 7.58. The molecule has 64 valence electrons. The van der Waals surface area contributed by atoms with E-state index in [0.29, 0.717) is 5.69 Å². The van der Waals surface area contributed by atoms with Crippen molar-refractivity contribution >= 4 is 5.78 Å². The first-order valence-corrected chi connectivity index (χ1v) is 4.17. The van der Waals surface area contributed by atoms with Gasteiger partial charge in [0.25, 0.3) is 0 Å². The summed E-state index contributed by atoms with van der Waals surface area (Å²) in [5.74, 6) is 0.769. The first-order chi connectivity index (χ1) is 5.77. The Kier molecular flexibility index (Phi) is 1.67. The molecule has 0 radical (unpaired) electrons. The second-order valence-electron chi connectivity index (χ2n) is 3.30. The second kappa shape index (κ2) is 2.69. The summed E-state index contributed by atoms with van der Waals surface area (Å²) in [6, 6.07) is 0. The van der Waals surface area contributed by atoms with E-state index in [4.69, 9.17) is 0 Å². The molecule has 1 aliphatic carbocycles. The van der Waals surface area contributed by atoms with E-state index in [1.807, 2.05) is 0 Å². The van der Waals surface area contributed by atoms with E-state index in [9.17, 15) is 4.79 Å². The summed E-state index contributed by atoms with van der Waals surface area (Å²) in [4.78, 5) is 11.0. The van der Waals surface area contributed by atoms with Crippen LogP contribution < -0.4 is 0 Å². The maximum Gasteiger partial charge on any atom is 0.179 e. The topological polar surface area (TPSA) is 47.8 Å². The summed E-state index contributed by atoms with van der Waals surface area (Å²) in [6.07, 6.45) is 4.05. The maximum absolute atomic E-state index is 11.0. The highest BCUT2D eigenvalue weighted by atomic mass is 16.1. The summed E-state index contributed by atoms with van der Waals surface area (Å²) < 4.78 is 1.71. The van der Waals surface area contributed by atoms with Gasteiger partial charge in [-0.1, -0.05) is 5.21 Å². The van der Waals surface area contributed by atoms with Gasteiger partial charge in [0.1, 0.15) is 5.69 Å². The minimum absolute atomic E-state index is 0.0423. The fraction of sp³-hybridized carbons (Fsp3) is 0.625. The molecule has 0 aliphatic heterocycles. The van der Waals surface area contributed by atoms with Gasteiger partial charge in [0.05, 0.1) is 6.20 Å². The number of nitrogens with zero attached hydrogens (tertiary/aromatic N) is 3. The molecule has 0 amide bonds. The molecule has 0 atom stereocenters. The van der Waals surface area contributed by atoms with Crippen LogP contribution in [0.5, 0.6) is 0 Å². The zero-order valence-electron chi connectivity index (χ0n) is 7.03. The van der Waals surface area contributed by atoms with E-state index in [1.165, 1.54) is 19.0 Å². The van der Waals surface area contributed by atoms with Gasteiger partial charge < -0.3 is 0 Å². The smallest absolute Gasteiger partial charge is 0.179 e. The molecular weight excluding hydrogens is 154 g/mol. The predicted molar refractivity (Wildman–Crippen MR) is 42.8 cm³/mol. The highest BCUT2D eigenvalue weighted by Crippen LogP contribution is 2.30. The van der Waals surface area contributed by atoms with Crippen LogP contribution in [0.15, 0.2) is 6.20 Å².